The summed E-state index contributed by atoms with van der Waals surface area (Å²) >= 11 is 46.5. The van der Waals surface area contributed by atoms with Gasteiger partial charge >= 0.3 is 39.6 Å². The number of halogens is 8. The summed E-state index contributed by atoms with van der Waals surface area (Å²) in [4.78, 5) is 16.5. The molecule has 0 N–H and O–H groups in total. The van der Waals surface area contributed by atoms with Crippen LogP contribution in [0.4, 0.5) is 0 Å². The molecule has 0 saturated heterocycles. The number of pyridine rings is 4. The Hall–Kier alpha value is -4.29. The molecule has 0 unspecified atom stereocenters. The molecule has 0 atom stereocenters. The first-order valence-electron chi connectivity index (χ1n) is 20.9. The summed E-state index contributed by atoms with van der Waals surface area (Å²) in [6.45, 7) is 11.4. The molecule has 4 aromatic heterocycles. The Morgan fingerprint density at radius 3 is 0.644 bits per heavy atom. The first-order valence-corrected chi connectivity index (χ1v) is 23.9. The Balaban J connectivity index is 0.000000303. The van der Waals surface area contributed by atoms with E-state index in [0.29, 0.717) is 63.7 Å². The molecule has 0 fully saturated rings. The van der Waals surface area contributed by atoms with Crippen molar-refractivity contribution in [3.05, 3.63) is 208 Å². The number of hydrogen-bond donors (Lipinski definition) is 0. The summed E-state index contributed by atoms with van der Waals surface area (Å²) in [5.41, 5.74) is 7.07. The van der Waals surface area contributed by atoms with Gasteiger partial charge in [0, 0.05) is 64.4 Å². The number of aromatic nitrogens is 4. The van der Waals surface area contributed by atoms with Crippen LogP contribution < -0.4 is 20.4 Å². The maximum absolute atomic E-state index is 11.6. The minimum atomic E-state index is -0.269. The minimum Gasteiger partial charge on any atom is -2.00 e. The summed E-state index contributed by atoms with van der Waals surface area (Å²) in [6, 6.07) is 40.7. The van der Waals surface area contributed by atoms with Crippen LogP contribution in [0.25, 0.3) is 43.6 Å². The number of fused-ring (bicyclic) bond motifs is 4. The number of hydrogen-bond acceptors (Lipinski definition) is 8. The van der Waals surface area contributed by atoms with E-state index < -0.39 is 0 Å². The Morgan fingerprint density at radius 1 is 0.288 bits per heavy atom. The largest absolute Gasteiger partial charge is 3.00 e. The monoisotopic (exact) mass is 1240 g/mol. The molecule has 0 amide bonds. The van der Waals surface area contributed by atoms with Crippen LogP contribution in [0, 0.1) is 41.5 Å². The number of nitrogens with zero attached hydrogens (tertiary/aromatic N) is 4. The standard InChI is InChI=1S/4C10H7Cl2NO.2C7H8.2Ga.O/c4*1-5-2-3-6-7(11)4-8(12)10(14)9(6)13-5;2*1-7-5-3-2-4-6-7;;;/h4*2-4,14H,1H3;2*2-6H,1H3;;;/q;;;;;;2*+3;-2/p-4. The van der Waals surface area contributed by atoms with E-state index in [1.54, 1.807) is 24.3 Å². The molecular formula is C54H40Cl8Ga2N4O5. The molecule has 0 spiro atoms. The van der Waals surface area contributed by atoms with Gasteiger partial charge in [-0.05, 0) is 114 Å². The fraction of sp³-hybridized carbons (Fsp3) is 0.111. The molecule has 73 heavy (non-hydrogen) atoms. The van der Waals surface area contributed by atoms with Crippen molar-refractivity contribution < 1.29 is 25.9 Å². The smallest absolute Gasteiger partial charge is 2.00 e. The Bertz CT molecular complexity index is 3040. The molecule has 0 saturated carbocycles. The number of aryl methyl sites for hydroxylation is 6. The van der Waals surface area contributed by atoms with Crippen LogP contribution in [0.15, 0.2) is 133 Å². The van der Waals surface area contributed by atoms with Gasteiger partial charge in [-0.3, -0.25) is 19.9 Å². The molecule has 9 nitrogen and oxygen atoms in total. The second-order valence-electron chi connectivity index (χ2n) is 15.4. The summed E-state index contributed by atoms with van der Waals surface area (Å²) in [6.07, 6.45) is 0. The second-order valence-corrected chi connectivity index (χ2v) is 18.6. The van der Waals surface area contributed by atoms with Crippen molar-refractivity contribution in [1.82, 2.24) is 19.9 Å². The van der Waals surface area contributed by atoms with Crippen molar-refractivity contribution in [2.45, 2.75) is 41.5 Å². The molecule has 4 heterocycles. The van der Waals surface area contributed by atoms with E-state index in [-0.39, 0.29) is 88.1 Å². The third kappa shape index (κ3) is 17.9. The van der Waals surface area contributed by atoms with E-state index in [4.69, 9.17) is 92.8 Å². The first kappa shape index (κ1) is 64.8. The van der Waals surface area contributed by atoms with Crippen molar-refractivity contribution in [2.24, 2.45) is 0 Å². The van der Waals surface area contributed by atoms with E-state index in [1.807, 2.05) is 88.4 Å². The molecule has 0 aliphatic heterocycles. The maximum Gasteiger partial charge on any atom is 3.00 e. The summed E-state index contributed by atoms with van der Waals surface area (Å²) in [7, 11) is 0. The van der Waals surface area contributed by atoms with Gasteiger partial charge in [-0.2, -0.15) is 0 Å². The molecule has 10 rings (SSSR count). The van der Waals surface area contributed by atoms with E-state index in [1.165, 1.54) is 35.4 Å². The van der Waals surface area contributed by atoms with Crippen molar-refractivity contribution in [3.63, 3.8) is 0 Å². The Labute approximate surface area is 489 Å². The van der Waals surface area contributed by atoms with Crippen LogP contribution in [-0.4, -0.2) is 59.5 Å². The summed E-state index contributed by atoms with van der Waals surface area (Å²) < 4.78 is 0. The summed E-state index contributed by atoms with van der Waals surface area (Å²) in [5, 5.41) is 51.2. The van der Waals surface area contributed by atoms with Gasteiger partial charge in [0.25, 0.3) is 0 Å². The van der Waals surface area contributed by atoms with Gasteiger partial charge in [-0.1, -0.05) is 188 Å². The van der Waals surface area contributed by atoms with Gasteiger partial charge in [0.1, 0.15) is 0 Å². The average molecular weight is 1250 g/mol. The van der Waals surface area contributed by atoms with Crippen molar-refractivity contribution in [1.29, 1.82) is 0 Å². The molecule has 10 aromatic rings. The van der Waals surface area contributed by atoms with Crippen LogP contribution in [0.5, 0.6) is 23.0 Å². The van der Waals surface area contributed by atoms with Crippen molar-refractivity contribution in [3.8, 4) is 23.0 Å². The predicted octanol–water partition coefficient (Wildman–Crippen LogP) is 14.8. The van der Waals surface area contributed by atoms with E-state index in [2.05, 4.69) is 58.0 Å². The minimum absolute atomic E-state index is 0. The zero-order valence-corrected chi connectivity index (χ0v) is 50.6. The van der Waals surface area contributed by atoms with Crippen molar-refractivity contribution in [2.75, 3.05) is 0 Å². The maximum atomic E-state index is 11.6. The van der Waals surface area contributed by atoms with Gasteiger partial charge in [0.2, 0.25) is 0 Å². The zero-order chi connectivity index (χ0) is 51.4. The van der Waals surface area contributed by atoms with Gasteiger partial charge in [-0.25, -0.2) is 0 Å². The third-order valence-electron chi connectivity index (χ3n) is 9.79. The molecule has 6 aromatic carbocycles. The molecule has 0 aliphatic rings. The first-order chi connectivity index (χ1) is 33.2. The van der Waals surface area contributed by atoms with Crippen LogP contribution in [0.2, 0.25) is 40.2 Å². The number of rotatable bonds is 0. The fourth-order valence-electron chi connectivity index (χ4n) is 6.23. The van der Waals surface area contributed by atoms with Crippen molar-refractivity contribution >= 4 is 176 Å². The average Bonchev–Trinajstić information content (AvgIpc) is 3.32. The van der Waals surface area contributed by atoms with E-state index in [9.17, 15) is 20.4 Å². The molecule has 368 valence electrons. The van der Waals surface area contributed by atoms with E-state index in [0.717, 1.165) is 22.8 Å². The molecule has 0 bridgehead atoms. The topological polar surface area (TPSA) is 172 Å². The van der Waals surface area contributed by atoms with Gasteiger partial charge in [-0.15, -0.1) is 0 Å². The summed E-state index contributed by atoms with van der Waals surface area (Å²) in [5.74, 6) is -1.07. The molecule has 19 heteroatoms. The fourth-order valence-corrected chi connectivity index (χ4v) is 8.29. The quantitative estimate of drug-likeness (QED) is 0.135. The molecule has 0 radical (unpaired) electrons. The number of benzene rings is 6. The van der Waals surface area contributed by atoms with Crippen LogP contribution in [-0.2, 0) is 5.48 Å². The predicted molar refractivity (Wildman–Crippen MR) is 298 cm³/mol. The second kappa shape index (κ2) is 30.3. The van der Waals surface area contributed by atoms with E-state index >= 15 is 0 Å². The van der Waals surface area contributed by atoms with Gasteiger partial charge in [0.15, 0.2) is 0 Å². The van der Waals surface area contributed by atoms with Crippen LogP contribution >= 0.6 is 92.8 Å². The third-order valence-corrected chi connectivity index (χ3v) is 12.2. The normalized spacial score (nSPS) is 9.95. The van der Waals surface area contributed by atoms with Gasteiger partial charge in [0.05, 0.1) is 42.2 Å². The zero-order valence-electron chi connectivity index (χ0n) is 39.7. The van der Waals surface area contributed by atoms with Crippen LogP contribution in [0.1, 0.15) is 33.9 Å². The Kier molecular flexibility index (Phi) is 26.9. The SMILES string of the molecule is Cc1ccc2c(Cl)cc(Cl)c([O-])c2n1.Cc1ccc2c(Cl)cc(Cl)c([O-])c2n1.Cc1ccc2c(Cl)cc(Cl)c([O-])c2n1.Cc1ccc2c(Cl)cc(Cl)c([O-])c2n1.Cc1ccccc1.Cc1ccccc1.[Ga+3].[Ga+3].[O-2]. The molecule has 0 aliphatic carbocycles. The Morgan fingerprint density at radius 2 is 0.479 bits per heavy atom. The van der Waals surface area contributed by atoms with Gasteiger partial charge < -0.3 is 25.9 Å². The van der Waals surface area contributed by atoms with Crippen LogP contribution in [0.3, 0.4) is 0 Å². The molecular weight excluding hydrogens is 1210 g/mol.